The highest BCUT2D eigenvalue weighted by Gasteiger charge is 2.05. The van der Waals surface area contributed by atoms with E-state index in [-0.39, 0.29) is 5.82 Å². The molecule has 0 unspecified atom stereocenters. The van der Waals surface area contributed by atoms with Crippen LogP contribution in [0.5, 0.6) is 0 Å². The lowest BCUT2D eigenvalue weighted by atomic mass is 10.0. The van der Waals surface area contributed by atoms with Crippen LogP contribution in [0.15, 0.2) is 30.3 Å². The van der Waals surface area contributed by atoms with Crippen molar-refractivity contribution in [3.8, 4) is 6.07 Å². The Morgan fingerprint density at radius 3 is 2.67 bits per heavy atom. The first-order valence-corrected chi connectivity index (χ1v) is 4.56. The molecule has 0 aliphatic carbocycles. The zero-order valence-electron chi connectivity index (χ0n) is 8.21. The van der Waals surface area contributed by atoms with E-state index in [0.717, 1.165) is 16.5 Å². The second-order valence-electron chi connectivity index (χ2n) is 3.21. The van der Waals surface area contributed by atoms with Gasteiger partial charge < -0.3 is 5.32 Å². The average molecular weight is 200 g/mol. The molecular formula is C12H9FN2. The topological polar surface area (TPSA) is 35.8 Å². The third-order valence-electron chi connectivity index (χ3n) is 2.37. The molecule has 0 saturated carbocycles. The van der Waals surface area contributed by atoms with E-state index < -0.39 is 0 Å². The van der Waals surface area contributed by atoms with Gasteiger partial charge in [0, 0.05) is 23.5 Å². The van der Waals surface area contributed by atoms with Crippen molar-refractivity contribution in [2.45, 2.75) is 0 Å². The maximum absolute atomic E-state index is 13.1. The van der Waals surface area contributed by atoms with Crippen LogP contribution in [0.3, 0.4) is 0 Å². The third kappa shape index (κ3) is 1.50. The molecule has 2 rings (SSSR count). The van der Waals surface area contributed by atoms with Gasteiger partial charge in [-0.3, -0.25) is 0 Å². The number of hydrogen-bond acceptors (Lipinski definition) is 2. The van der Waals surface area contributed by atoms with E-state index in [2.05, 4.69) is 11.4 Å². The summed E-state index contributed by atoms with van der Waals surface area (Å²) < 4.78 is 13.1. The molecule has 2 aromatic rings. The maximum atomic E-state index is 13.1. The van der Waals surface area contributed by atoms with Crippen molar-refractivity contribution < 1.29 is 4.39 Å². The lowest BCUT2D eigenvalue weighted by Crippen LogP contribution is -1.91. The summed E-state index contributed by atoms with van der Waals surface area (Å²) in [5.41, 5.74) is 1.38. The Bertz CT molecular complexity index is 555. The number of rotatable bonds is 1. The van der Waals surface area contributed by atoms with Gasteiger partial charge in [-0.1, -0.05) is 6.07 Å². The number of halogens is 1. The molecule has 74 valence electrons. The largest absolute Gasteiger partial charge is 0.388 e. The van der Waals surface area contributed by atoms with Gasteiger partial charge in [0.2, 0.25) is 0 Å². The Balaban J connectivity index is 2.88. The van der Waals surface area contributed by atoms with Crippen molar-refractivity contribution in [1.29, 1.82) is 5.26 Å². The Morgan fingerprint density at radius 1 is 1.20 bits per heavy atom. The zero-order chi connectivity index (χ0) is 10.8. The van der Waals surface area contributed by atoms with Gasteiger partial charge in [-0.15, -0.1) is 0 Å². The maximum Gasteiger partial charge on any atom is 0.123 e. The molecule has 0 aliphatic heterocycles. The summed E-state index contributed by atoms with van der Waals surface area (Å²) in [7, 11) is 1.77. The van der Waals surface area contributed by atoms with Crippen molar-refractivity contribution in [2.75, 3.05) is 12.4 Å². The van der Waals surface area contributed by atoms with Gasteiger partial charge in [0.25, 0.3) is 0 Å². The molecule has 0 fully saturated rings. The molecule has 0 saturated heterocycles. The van der Waals surface area contributed by atoms with Crippen LogP contribution in [0.2, 0.25) is 0 Å². The lowest BCUT2D eigenvalue weighted by molar-refractivity contribution is 0.630. The zero-order valence-corrected chi connectivity index (χ0v) is 8.21. The predicted octanol–water partition coefficient (Wildman–Crippen LogP) is 2.89. The summed E-state index contributed by atoms with van der Waals surface area (Å²) in [5.74, 6) is -0.297. The number of fused-ring (bicyclic) bond motifs is 1. The minimum Gasteiger partial charge on any atom is -0.388 e. The molecule has 0 heterocycles. The molecule has 0 aromatic heterocycles. The number of nitrogens with zero attached hydrogens (tertiary/aromatic N) is 1. The van der Waals surface area contributed by atoms with E-state index in [0.29, 0.717) is 5.56 Å². The van der Waals surface area contributed by atoms with E-state index in [9.17, 15) is 4.39 Å². The molecule has 0 atom stereocenters. The number of hydrogen-bond donors (Lipinski definition) is 1. The molecule has 0 amide bonds. The number of nitriles is 1. The van der Waals surface area contributed by atoms with Gasteiger partial charge in [-0.25, -0.2) is 4.39 Å². The first-order valence-electron chi connectivity index (χ1n) is 4.56. The van der Waals surface area contributed by atoms with Crippen molar-refractivity contribution in [3.05, 3.63) is 41.7 Å². The number of nitrogens with one attached hydrogen (secondary N) is 1. The van der Waals surface area contributed by atoms with E-state index in [1.165, 1.54) is 12.1 Å². The highest BCUT2D eigenvalue weighted by atomic mass is 19.1. The molecule has 3 heteroatoms. The first kappa shape index (κ1) is 9.47. The predicted molar refractivity (Wildman–Crippen MR) is 58.2 cm³/mol. The van der Waals surface area contributed by atoms with Crippen molar-refractivity contribution in [1.82, 2.24) is 0 Å². The fourth-order valence-electron chi connectivity index (χ4n) is 1.64. The first-order chi connectivity index (χ1) is 7.26. The van der Waals surface area contributed by atoms with Crippen molar-refractivity contribution >= 4 is 16.5 Å². The van der Waals surface area contributed by atoms with E-state index in [1.807, 2.05) is 0 Å². The summed E-state index contributed by atoms with van der Waals surface area (Å²) >= 11 is 0. The van der Waals surface area contributed by atoms with E-state index >= 15 is 0 Å². The SMILES string of the molecule is CNc1ccc(C#N)c2ccc(F)cc12. The summed E-state index contributed by atoms with van der Waals surface area (Å²) in [5, 5.41) is 13.4. The summed E-state index contributed by atoms with van der Waals surface area (Å²) in [6, 6.07) is 10.0. The van der Waals surface area contributed by atoms with Crippen LogP contribution in [0.4, 0.5) is 10.1 Å². The van der Waals surface area contributed by atoms with Crippen LogP contribution in [-0.4, -0.2) is 7.05 Å². The minimum atomic E-state index is -0.297. The van der Waals surface area contributed by atoms with Crippen molar-refractivity contribution in [3.63, 3.8) is 0 Å². The molecule has 0 spiro atoms. The highest BCUT2D eigenvalue weighted by molar-refractivity contribution is 5.97. The molecule has 0 radical (unpaired) electrons. The molecule has 2 nitrogen and oxygen atoms in total. The summed E-state index contributed by atoms with van der Waals surface area (Å²) in [6.45, 7) is 0. The van der Waals surface area contributed by atoms with Gasteiger partial charge in [-0.2, -0.15) is 5.26 Å². The monoisotopic (exact) mass is 200 g/mol. The summed E-state index contributed by atoms with van der Waals surface area (Å²) in [4.78, 5) is 0. The van der Waals surface area contributed by atoms with E-state index in [4.69, 9.17) is 5.26 Å². The average Bonchev–Trinajstić information content (AvgIpc) is 2.27. The van der Waals surface area contributed by atoms with Gasteiger partial charge in [0.1, 0.15) is 5.82 Å². The lowest BCUT2D eigenvalue weighted by Gasteiger charge is -2.07. The van der Waals surface area contributed by atoms with E-state index in [1.54, 1.807) is 25.2 Å². The molecule has 1 N–H and O–H groups in total. The van der Waals surface area contributed by atoms with Crippen LogP contribution >= 0.6 is 0 Å². The quantitative estimate of drug-likeness (QED) is 0.768. The fraction of sp³-hybridized carbons (Fsp3) is 0.0833. The van der Waals surface area contributed by atoms with Crippen LogP contribution in [0.25, 0.3) is 10.8 Å². The van der Waals surface area contributed by atoms with Gasteiger partial charge >= 0.3 is 0 Å². The smallest absolute Gasteiger partial charge is 0.123 e. The van der Waals surface area contributed by atoms with Crippen LogP contribution in [-0.2, 0) is 0 Å². The fourth-order valence-corrected chi connectivity index (χ4v) is 1.64. The minimum absolute atomic E-state index is 0.297. The van der Waals surface area contributed by atoms with Crippen LogP contribution < -0.4 is 5.32 Å². The summed E-state index contributed by atoms with van der Waals surface area (Å²) in [6.07, 6.45) is 0. The number of anilines is 1. The third-order valence-corrected chi connectivity index (χ3v) is 2.37. The molecular weight excluding hydrogens is 191 g/mol. The molecule has 0 aliphatic rings. The second-order valence-corrected chi connectivity index (χ2v) is 3.21. The standard InChI is InChI=1S/C12H9FN2/c1-15-12-5-2-8(7-14)10-4-3-9(13)6-11(10)12/h2-6,15H,1H3. The van der Waals surface area contributed by atoms with Gasteiger partial charge in [0.15, 0.2) is 0 Å². The van der Waals surface area contributed by atoms with Crippen LogP contribution in [0, 0.1) is 17.1 Å². The molecule has 15 heavy (non-hydrogen) atoms. The number of benzene rings is 2. The van der Waals surface area contributed by atoms with Crippen molar-refractivity contribution in [2.24, 2.45) is 0 Å². The normalized spacial score (nSPS) is 9.93. The highest BCUT2D eigenvalue weighted by Crippen LogP contribution is 2.26. The molecule has 0 bridgehead atoms. The second kappa shape index (κ2) is 3.58. The Hall–Kier alpha value is -2.08. The Kier molecular flexibility index (Phi) is 2.26. The van der Waals surface area contributed by atoms with Gasteiger partial charge in [0.05, 0.1) is 11.6 Å². The Labute approximate surface area is 87.0 Å². The van der Waals surface area contributed by atoms with Gasteiger partial charge in [-0.05, 0) is 24.3 Å². The molecule has 2 aromatic carbocycles. The van der Waals surface area contributed by atoms with Crippen LogP contribution in [0.1, 0.15) is 5.56 Å². The Morgan fingerprint density at radius 2 is 2.00 bits per heavy atom.